The van der Waals surface area contributed by atoms with Gasteiger partial charge in [0.2, 0.25) is 0 Å². The second-order valence-electron chi connectivity index (χ2n) is 9.61. The van der Waals surface area contributed by atoms with Gasteiger partial charge in [-0.2, -0.15) is 0 Å². The number of benzene rings is 4. The second-order valence-corrected chi connectivity index (χ2v) is 9.61. The molecule has 0 atom stereocenters. The van der Waals surface area contributed by atoms with Crippen LogP contribution >= 0.6 is 0 Å². The van der Waals surface area contributed by atoms with Gasteiger partial charge in [-0.25, -0.2) is 14.8 Å². The minimum absolute atomic E-state index is 0.319. The summed E-state index contributed by atoms with van der Waals surface area (Å²) in [5.41, 5.74) is 7.93. The molecule has 194 valence electrons. The Balaban J connectivity index is 1.33. The first-order valence-corrected chi connectivity index (χ1v) is 13.0. The fourth-order valence-corrected chi connectivity index (χ4v) is 5.17. The number of hydrogen-bond acceptors (Lipinski definition) is 4. The normalized spacial score (nSPS) is 11.3. The van der Waals surface area contributed by atoms with Gasteiger partial charge in [-0.1, -0.05) is 61.5 Å². The zero-order chi connectivity index (χ0) is 26.9. The maximum Gasteiger partial charge on any atom is 0.511 e. The van der Waals surface area contributed by atoms with Crippen molar-refractivity contribution in [1.82, 2.24) is 19.1 Å². The van der Waals surface area contributed by atoms with Crippen LogP contribution in [0, 0.1) is 0 Å². The Hall–Kier alpha value is -4.91. The number of carbonyl (C=O) groups is 1. The zero-order valence-corrected chi connectivity index (χ0v) is 21.8. The fourth-order valence-electron chi connectivity index (χ4n) is 5.17. The zero-order valence-electron chi connectivity index (χ0n) is 21.8. The molecule has 7 heteroatoms. The molecule has 7 nitrogen and oxygen atoms in total. The average Bonchev–Trinajstić information content (AvgIpc) is 3.46. The van der Waals surface area contributed by atoms with E-state index in [2.05, 4.69) is 52.5 Å². The van der Waals surface area contributed by atoms with Crippen LogP contribution < -0.4 is 4.74 Å². The van der Waals surface area contributed by atoms with Gasteiger partial charge < -0.3 is 19.0 Å². The molecule has 0 radical (unpaired) electrons. The Morgan fingerprint density at radius 2 is 1.59 bits per heavy atom. The number of hydrogen-bond donors (Lipinski definition) is 1. The van der Waals surface area contributed by atoms with Crippen LogP contribution in [0.5, 0.6) is 5.75 Å². The summed E-state index contributed by atoms with van der Waals surface area (Å²) in [6.45, 7) is 2.85. The van der Waals surface area contributed by atoms with Gasteiger partial charge in [0.1, 0.15) is 17.4 Å². The summed E-state index contributed by atoms with van der Waals surface area (Å²) < 4.78 is 9.38. The number of fused-ring (bicyclic) bond motifs is 2. The average molecular weight is 517 g/mol. The molecule has 1 N–H and O–H groups in total. The fraction of sp³-hybridized carbons (Fsp3) is 0.156. The van der Waals surface area contributed by atoms with Gasteiger partial charge in [0, 0.05) is 31.1 Å². The molecule has 4 aromatic carbocycles. The van der Waals surface area contributed by atoms with E-state index in [1.807, 2.05) is 49.5 Å². The van der Waals surface area contributed by atoms with E-state index in [-0.39, 0.29) is 0 Å². The number of rotatable bonds is 7. The molecule has 2 aromatic heterocycles. The Morgan fingerprint density at radius 3 is 2.36 bits per heavy atom. The minimum atomic E-state index is -1.33. The number of nitrogens with zero attached hydrogens (tertiary/aromatic N) is 4. The summed E-state index contributed by atoms with van der Waals surface area (Å²) in [5, 5.41) is 9.08. The third-order valence-electron chi connectivity index (χ3n) is 7.04. The molecule has 6 rings (SSSR count). The summed E-state index contributed by atoms with van der Waals surface area (Å²) >= 11 is 0. The van der Waals surface area contributed by atoms with E-state index in [4.69, 9.17) is 19.8 Å². The van der Waals surface area contributed by atoms with Crippen molar-refractivity contribution in [2.45, 2.75) is 26.3 Å². The number of para-hydroxylation sites is 3. The molecule has 0 saturated carbocycles. The van der Waals surface area contributed by atoms with E-state index in [0.717, 1.165) is 68.8 Å². The topological polar surface area (TPSA) is 82.2 Å². The van der Waals surface area contributed by atoms with Crippen LogP contribution in [0.4, 0.5) is 4.79 Å². The lowest BCUT2D eigenvalue weighted by Crippen LogP contribution is -2.05. The molecule has 6 aromatic rings. The molecule has 2 heterocycles. The van der Waals surface area contributed by atoms with Crippen molar-refractivity contribution in [3.63, 3.8) is 0 Å². The van der Waals surface area contributed by atoms with Gasteiger partial charge in [-0.3, -0.25) is 0 Å². The molecular weight excluding hydrogens is 488 g/mol. The summed E-state index contributed by atoms with van der Waals surface area (Å²) in [6, 6.07) is 29.9. The van der Waals surface area contributed by atoms with Crippen LogP contribution in [-0.4, -0.2) is 30.4 Å². The van der Waals surface area contributed by atoms with Crippen LogP contribution in [0.3, 0.4) is 0 Å². The minimum Gasteiger partial charge on any atom is -0.449 e. The number of ether oxygens (including phenoxy) is 1. The molecule has 0 aliphatic carbocycles. The first-order valence-electron chi connectivity index (χ1n) is 13.0. The lowest BCUT2D eigenvalue weighted by atomic mass is 10.0. The molecule has 0 bridgehead atoms. The SMILES string of the molecule is CCCc1nc2cc(-c3nc4ccccc4n3C)ccc2n1Cc1ccc(-c2ccccc2OC(=O)O)cc1. The molecule has 0 saturated heterocycles. The predicted octanol–water partition coefficient (Wildman–Crippen LogP) is 7.31. The Labute approximate surface area is 226 Å². The highest BCUT2D eigenvalue weighted by molar-refractivity contribution is 5.85. The van der Waals surface area contributed by atoms with Crippen molar-refractivity contribution in [1.29, 1.82) is 0 Å². The summed E-state index contributed by atoms with van der Waals surface area (Å²) in [4.78, 5) is 21.0. The van der Waals surface area contributed by atoms with E-state index < -0.39 is 6.16 Å². The predicted molar refractivity (Wildman–Crippen MR) is 153 cm³/mol. The molecule has 0 fully saturated rings. The van der Waals surface area contributed by atoms with E-state index in [9.17, 15) is 4.79 Å². The number of imidazole rings is 2. The van der Waals surface area contributed by atoms with Crippen LogP contribution in [0.25, 0.3) is 44.6 Å². The molecular formula is C32H28N4O3. The van der Waals surface area contributed by atoms with E-state index >= 15 is 0 Å². The third kappa shape index (κ3) is 4.63. The van der Waals surface area contributed by atoms with Gasteiger partial charge in [0.25, 0.3) is 0 Å². The van der Waals surface area contributed by atoms with Crippen molar-refractivity contribution >= 4 is 28.2 Å². The first-order chi connectivity index (χ1) is 19.0. The van der Waals surface area contributed by atoms with Gasteiger partial charge in [0.05, 0.1) is 22.1 Å². The molecule has 0 aliphatic rings. The Morgan fingerprint density at radius 1 is 0.846 bits per heavy atom. The number of aromatic nitrogens is 4. The molecule has 0 amide bonds. The van der Waals surface area contributed by atoms with Gasteiger partial charge >= 0.3 is 6.16 Å². The van der Waals surface area contributed by atoms with Crippen LogP contribution in [0.15, 0.2) is 91.0 Å². The highest BCUT2D eigenvalue weighted by atomic mass is 16.7. The van der Waals surface area contributed by atoms with Gasteiger partial charge in [-0.05, 0) is 53.9 Å². The summed E-state index contributed by atoms with van der Waals surface area (Å²) in [7, 11) is 2.05. The van der Waals surface area contributed by atoms with Crippen LogP contribution in [0.1, 0.15) is 24.7 Å². The number of aryl methyl sites for hydroxylation is 2. The molecule has 0 aliphatic heterocycles. The smallest absolute Gasteiger partial charge is 0.449 e. The van der Waals surface area contributed by atoms with Gasteiger partial charge in [0.15, 0.2) is 0 Å². The second kappa shape index (κ2) is 10.1. The van der Waals surface area contributed by atoms with Crippen LogP contribution in [-0.2, 0) is 20.0 Å². The van der Waals surface area contributed by atoms with Crippen molar-refractivity contribution < 1.29 is 14.6 Å². The highest BCUT2D eigenvalue weighted by Crippen LogP contribution is 2.31. The Kier molecular flexibility index (Phi) is 6.32. The summed E-state index contributed by atoms with van der Waals surface area (Å²) in [6.07, 6.45) is 0.558. The molecule has 0 unspecified atom stereocenters. The first kappa shape index (κ1) is 24.4. The quantitative estimate of drug-likeness (QED) is 0.178. The monoisotopic (exact) mass is 516 g/mol. The van der Waals surface area contributed by atoms with Crippen molar-refractivity contribution in [3.05, 3.63) is 102 Å². The van der Waals surface area contributed by atoms with E-state index in [1.54, 1.807) is 12.1 Å². The van der Waals surface area contributed by atoms with Crippen LogP contribution in [0.2, 0.25) is 0 Å². The highest BCUT2D eigenvalue weighted by Gasteiger charge is 2.15. The largest absolute Gasteiger partial charge is 0.511 e. The summed E-state index contributed by atoms with van der Waals surface area (Å²) in [5.74, 6) is 2.30. The Bertz CT molecular complexity index is 1820. The third-order valence-corrected chi connectivity index (χ3v) is 7.04. The molecule has 39 heavy (non-hydrogen) atoms. The van der Waals surface area contributed by atoms with E-state index in [1.165, 1.54) is 0 Å². The maximum absolute atomic E-state index is 11.1. The maximum atomic E-state index is 11.1. The lowest BCUT2D eigenvalue weighted by molar-refractivity contribution is 0.144. The van der Waals surface area contributed by atoms with Crippen molar-refractivity contribution in [2.75, 3.05) is 0 Å². The van der Waals surface area contributed by atoms with Crippen molar-refractivity contribution in [2.24, 2.45) is 7.05 Å². The lowest BCUT2D eigenvalue weighted by Gasteiger charge is -2.11. The van der Waals surface area contributed by atoms with E-state index in [0.29, 0.717) is 12.3 Å². The number of carboxylic acid groups (broad SMARTS) is 1. The molecule has 0 spiro atoms. The standard InChI is InChI=1S/C32H28N4O3/c1-3-8-30-33-26-19-23(31-34-25-10-5-6-11-27(25)35(31)2)17-18-28(26)36(30)20-21-13-15-22(16-14-21)24-9-4-7-12-29(24)39-32(37)38/h4-7,9-19H,3,8,20H2,1-2H3,(H,37,38). The van der Waals surface area contributed by atoms with Crippen molar-refractivity contribution in [3.8, 4) is 28.3 Å². The van der Waals surface area contributed by atoms with Gasteiger partial charge in [-0.15, -0.1) is 0 Å².